The lowest BCUT2D eigenvalue weighted by molar-refractivity contribution is 0.247. The summed E-state index contributed by atoms with van der Waals surface area (Å²) >= 11 is 1.87. The molecule has 0 atom stereocenters. The second-order valence-corrected chi connectivity index (χ2v) is 6.31. The first-order valence-corrected chi connectivity index (χ1v) is 8.20. The molecule has 0 aliphatic carbocycles. The van der Waals surface area contributed by atoms with Crippen LogP contribution in [0.4, 0.5) is 0 Å². The van der Waals surface area contributed by atoms with Crippen LogP contribution in [-0.4, -0.2) is 31.1 Å². The van der Waals surface area contributed by atoms with E-state index in [0.717, 1.165) is 13.1 Å². The van der Waals surface area contributed by atoms with Crippen molar-refractivity contribution in [3.63, 3.8) is 0 Å². The molecule has 1 aromatic rings. The SMILES string of the molecule is Cc1ccsc1CNCCN1CCCCCCC1. The molecule has 0 amide bonds. The highest BCUT2D eigenvalue weighted by Gasteiger charge is 2.07. The second-order valence-electron chi connectivity index (χ2n) is 5.31. The predicted molar refractivity (Wildman–Crippen MR) is 80.3 cm³/mol. The molecule has 2 nitrogen and oxygen atoms in total. The normalized spacial score (nSPS) is 18.5. The molecule has 102 valence electrons. The second kappa shape index (κ2) is 7.93. The van der Waals surface area contributed by atoms with Gasteiger partial charge < -0.3 is 10.2 Å². The molecule has 0 bridgehead atoms. The molecule has 1 N–H and O–H groups in total. The van der Waals surface area contributed by atoms with E-state index < -0.39 is 0 Å². The van der Waals surface area contributed by atoms with Crippen molar-refractivity contribution in [3.8, 4) is 0 Å². The Morgan fingerprint density at radius 2 is 1.89 bits per heavy atom. The fourth-order valence-electron chi connectivity index (χ4n) is 2.56. The van der Waals surface area contributed by atoms with Crippen LogP contribution in [0, 0.1) is 6.92 Å². The fraction of sp³-hybridized carbons (Fsp3) is 0.733. The van der Waals surface area contributed by atoms with Crippen molar-refractivity contribution in [2.24, 2.45) is 0 Å². The Hall–Kier alpha value is -0.380. The minimum absolute atomic E-state index is 1.04. The highest BCUT2D eigenvalue weighted by atomic mass is 32.1. The van der Waals surface area contributed by atoms with Crippen molar-refractivity contribution in [1.82, 2.24) is 10.2 Å². The molecule has 0 radical (unpaired) electrons. The number of hydrogen-bond acceptors (Lipinski definition) is 3. The largest absolute Gasteiger partial charge is 0.311 e. The number of thiophene rings is 1. The van der Waals surface area contributed by atoms with Gasteiger partial charge in [0.2, 0.25) is 0 Å². The van der Waals surface area contributed by atoms with Gasteiger partial charge in [0.05, 0.1) is 0 Å². The third kappa shape index (κ3) is 4.71. The van der Waals surface area contributed by atoms with Crippen molar-refractivity contribution < 1.29 is 0 Å². The van der Waals surface area contributed by atoms with Crippen LogP contribution >= 0.6 is 11.3 Å². The van der Waals surface area contributed by atoms with Gasteiger partial charge in [-0.2, -0.15) is 0 Å². The molecule has 3 heteroatoms. The molecule has 0 spiro atoms. The summed E-state index contributed by atoms with van der Waals surface area (Å²) in [4.78, 5) is 4.12. The third-order valence-electron chi connectivity index (χ3n) is 3.81. The first-order chi connectivity index (χ1) is 8.86. The van der Waals surface area contributed by atoms with Crippen LogP contribution in [0.25, 0.3) is 0 Å². The molecule has 1 aliphatic rings. The van der Waals surface area contributed by atoms with Gasteiger partial charge in [0, 0.05) is 24.5 Å². The summed E-state index contributed by atoms with van der Waals surface area (Å²) < 4.78 is 0. The van der Waals surface area contributed by atoms with Gasteiger partial charge in [0.25, 0.3) is 0 Å². The Balaban J connectivity index is 1.60. The smallest absolute Gasteiger partial charge is 0.0302 e. The number of nitrogens with zero attached hydrogens (tertiary/aromatic N) is 1. The fourth-order valence-corrected chi connectivity index (χ4v) is 3.44. The number of likely N-dealkylation sites (tertiary alicyclic amines) is 1. The highest BCUT2D eigenvalue weighted by Crippen LogP contribution is 2.14. The summed E-state index contributed by atoms with van der Waals surface area (Å²) in [6.45, 7) is 8.18. The van der Waals surface area contributed by atoms with Crippen molar-refractivity contribution in [2.75, 3.05) is 26.2 Å². The van der Waals surface area contributed by atoms with Crippen LogP contribution in [0.5, 0.6) is 0 Å². The zero-order chi connectivity index (χ0) is 12.6. The molecule has 0 saturated carbocycles. The zero-order valence-corrected chi connectivity index (χ0v) is 12.4. The van der Waals surface area contributed by atoms with Crippen molar-refractivity contribution in [1.29, 1.82) is 0 Å². The molecule has 0 unspecified atom stereocenters. The molecule has 1 fully saturated rings. The molecule has 2 heterocycles. The standard InChI is InChI=1S/C15H26N2S/c1-14-7-12-18-15(14)13-16-8-11-17-9-5-3-2-4-6-10-17/h7,12,16H,2-6,8-11,13H2,1H3. The van der Waals surface area contributed by atoms with Gasteiger partial charge in [-0.05, 0) is 49.9 Å². The Morgan fingerprint density at radius 1 is 1.17 bits per heavy atom. The van der Waals surface area contributed by atoms with E-state index in [1.807, 2.05) is 11.3 Å². The quantitative estimate of drug-likeness (QED) is 0.822. The number of aryl methyl sites for hydroxylation is 1. The maximum absolute atomic E-state index is 3.58. The number of hydrogen-bond donors (Lipinski definition) is 1. The van der Waals surface area contributed by atoms with Gasteiger partial charge >= 0.3 is 0 Å². The minimum Gasteiger partial charge on any atom is -0.311 e. The van der Waals surface area contributed by atoms with E-state index in [-0.39, 0.29) is 0 Å². The zero-order valence-electron chi connectivity index (χ0n) is 11.6. The van der Waals surface area contributed by atoms with Gasteiger partial charge in [-0.25, -0.2) is 0 Å². The molecule has 18 heavy (non-hydrogen) atoms. The van der Waals surface area contributed by atoms with Crippen LogP contribution in [0.15, 0.2) is 11.4 Å². The van der Waals surface area contributed by atoms with Crippen LogP contribution < -0.4 is 5.32 Å². The Labute approximate surface area is 115 Å². The molecular formula is C15H26N2S. The predicted octanol–water partition coefficient (Wildman–Crippen LogP) is 3.41. The molecule has 2 rings (SSSR count). The van der Waals surface area contributed by atoms with E-state index in [0.29, 0.717) is 0 Å². The Morgan fingerprint density at radius 3 is 2.56 bits per heavy atom. The van der Waals surface area contributed by atoms with E-state index in [1.54, 1.807) is 0 Å². The minimum atomic E-state index is 1.04. The summed E-state index contributed by atoms with van der Waals surface area (Å²) in [5.41, 5.74) is 1.43. The van der Waals surface area contributed by atoms with Gasteiger partial charge in [-0.3, -0.25) is 0 Å². The maximum atomic E-state index is 3.58. The first kappa shape index (κ1) is 14.0. The van der Waals surface area contributed by atoms with Crippen LogP contribution in [0.1, 0.15) is 42.5 Å². The number of nitrogens with one attached hydrogen (secondary N) is 1. The van der Waals surface area contributed by atoms with Crippen molar-refractivity contribution in [2.45, 2.75) is 45.6 Å². The Kier molecular flexibility index (Phi) is 6.18. The van der Waals surface area contributed by atoms with Gasteiger partial charge in [-0.1, -0.05) is 19.3 Å². The monoisotopic (exact) mass is 266 g/mol. The Bertz CT molecular complexity index is 327. The topological polar surface area (TPSA) is 15.3 Å². The lowest BCUT2D eigenvalue weighted by Crippen LogP contribution is -2.34. The summed E-state index contributed by atoms with van der Waals surface area (Å²) in [7, 11) is 0. The molecule has 1 aliphatic heterocycles. The summed E-state index contributed by atoms with van der Waals surface area (Å²) in [6, 6.07) is 2.21. The summed E-state index contributed by atoms with van der Waals surface area (Å²) in [5, 5.41) is 5.77. The third-order valence-corrected chi connectivity index (χ3v) is 4.83. The van der Waals surface area contributed by atoms with E-state index >= 15 is 0 Å². The summed E-state index contributed by atoms with van der Waals surface area (Å²) in [5.74, 6) is 0. The van der Waals surface area contributed by atoms with E-state index in [2.05, 4.69) is 28.6 Å². The average molecular weight is 266 g/mol. The molecular weight excluding hydrogens is 240 g/mol. The highest BCUT2D eigenvalue weighted by molar-refractivity contribution is 7.10. The van der Waals surface area contributed by atoms with Crippen molar-refractivity contribution >= 4 is 11.3 Å². The van der Waals surface area contributed by atoms with Gasteiger partial charge in [0.1, 0.15) is 0 Å². The van der Waals surface area contributed by atoms with E-state index in [4.69, 9.17) is 0 Å². The summed E-state index contributed by atoms with van der Waals surface area (Å²) in [6.07, 6.45) is 7.09. The molecule has 1 saturated heterocycles. The average Bonchev–Trinajstić information content (AvgIpc) is 2.72. The van der Waals surface area contributed by atoms with E-state index in [9.17, 15) is 0 Å². The van der Waals surface area contributed by atoms with Gasteiger partial charge in [0.15, 0.2) is 0 Å². The molecule has 0 aromatic carbocycles. The van der Waals surface area contributed by atoms with E-state index in [1.165, 1.54) is 62.2 Å². The van der Waals surface area contributed by atoms with Gasteiger partial charge in [-0.15, -0.1) is 11.3 Å². The maximum Gasteiger partial charge on any atom is 0.0302 e. The van der Waals surface area contributed by atoms with Crippen LogP contribution in [0.3, 0.4) is 0 Å². The van der Waals surface area contributed by atoms with Crippen molar-refractivity contribution in [3.05, 3.63) is 21.9 Å². The van der Waals surface area contributed by atoms with Crippen LogP contribution in [0.2, 0.25) is 0 Å². The number of rotatable bonds is 5. The first-order valence-electron chi connectivity index (χ1n) is 7.32. The molecule has 1 aromatic heterocycles. The lowest BCUT2D eigenvalue weighted by atomic mass is 10.1. The lowest BCUT2D eigenvalue weighted by Gasteiger charge is -2.24. The van der Waals surface area contributed by atoms with Crippen LogP contribution in [-0.2, 0) is 6.54 Å².